The van der Waals surface area contributed by atoms with Crippen molar-refractivity contribution in [3.05, 3.63) is 52.5 Å². The van der Waals surface area contributed by atoms with Crippen molar-refractivity contribution in [2.24, 2.45) is 5.10 Å². The molecule has 3 rings (SSSR count). The molecular formula is C20H21ClN2O5. The fourth-order valence-corrected chi connectivity index (χ4v) is 3.00. The van der Waals surface area contributed by atoms with Crippen LogP contribution in [-0.2, 0) is 9.53 Å². The molecule has 1 atom stereocenters. The van der Waals surface area contributed by atoms with Crippen molar-refractivity contribution in [2.75, 3.05) is 20.8 Å². The molecule has 0 unspecified atom stereocenters. The Morgan fingerprint density at radius 3 is 2.57 bits per heavy atom. The molecule has 0 saturated carbocycles. The van der Waals surface area contributed by atoms with Crippen LogP contribution in [-0.4, -0.2) is 43.9 Å². The van der Waals surface area contributed by atoms with E-state index in [0.717, 1.165) is 5.56 Å². The molecule has 0 fully saturated rings. The molecule has 1 aliphatic rings. The number of ether oxygens (including phenoxy) is 4. The van der Waals surface area contributed by atoms with Gasteiger partial charge >= 0.3 is 0 Å². The third kappa shape index (κ3) is 4.14. The zero-order valence-corrected chi connectivity index (χ0v) is 16.8. The Bertz CT molecular complexity index is 915. The number of halogens is 1. The maximum Gasteiger partial charge on any atom is 0.244 e. The molecule has 8 heteroatoms. The third-order valence-electron chi connectivity index (χ3n) is 4.20. The average molecular weight is 405 g/mol. The van der Waals surface area contributed by atoms with Crippen LogP contribution in [0, 0.1) is 6.92 Å². The summed E-state index contributed by atoms with van der Waals surface area (Å²) in [4.78, 5) is 12.0. The van der Waals surface area contributed by atoms with E-state index in [1.807, 2.05) is 6.92 Å². The smallest absolute Gasteiger partial charge is 0.244 e. The Hall–Kier alpha value is -2.93. The standard InChI is InChI=1S/C20H21ClN2O5/c1-12-9-14(21)5-7-17(12)27-11-19-23(13(2)24)22-20(28-19)16-10-15(25-3)6-8-18(16)26-4/h5-10,19H,11H2,1-4H3/t19-/m0/s1. The summed E-state index contributed by atoms with van der Waals surface area (Å²) < 4.78 is 22.4. The number of hydrogen-bond donors (Lipinski definition) is 0. The van der Waals surface area contributed by atoms with Crippen LogP contribution >= 0.6 is 11.6 Å². The molecule has 0 saturated heterocycles. The van der Waals surface area contributed by atoms with Gasteiger partial charge in [-0.15, -0.1) is 5.10 Å². The summed E-state index contributed by atoms with van der Waals surface area (Å²) in [6, 6.07) is 10.6. The minimum atomic E-state index is -0.710. The lowest BCUT2D eigenvalue weighted by atomic mass is 10.2. The van der Waals surface area contributed by atoms with E-state index in [4.69, 9.17) is 30.5 Å². The highest BCUT2D eigenvalue weighted by Crippen LogP contribution is 2.29. The quantitative estimate of drug-likeness (QED) is 0.735. The van der Waals surface area contributed by atoms with E-state index >= 15 is 0 Å². The van der Waals surface area contributed by atoms with Crippen molar-refractivity contribution in [3.8, 4) is 17.2 Å². The molecule has 1 aliphatic heterocycles. The number of nitrogens with zero attached hydrogens (tertiary/aromatic N) is 2. The molecule has 1 heterocycles. The summed E-state index contributed by atoms with van der Waals surface area (Å²) in [7, 11) is 3.11. The minimum Gasteiger partial charge on any atom is -0.497 e. The third-order valence-corrected chi connectivity index (χ3v) is 4.43. The monoisotopic (exact) mass is 404 g/mol. The first-order valence-electron chi connectivity index (χ1n) is 8.59. The SMILES string of the molecule is COc1ccc(OC)c(C2=NN(C(C)=O)[C@H](COc3ccc(Cl)cc3C)O2)c1. The highest BCUT2D eigenvalue weighted by Gasteiger charge is 2.33. The summed E-state index contributed by atoms with van der Waals surface area (Å²) in [5.41, 5.74) is 1.47. The van der Waals surface area contributed by atoms with E-state index in [1.165, 1.54) is 11.9 Å². The second-order valence-electron chi connectivity index (χ2n) is 6.13. The first-order chi connectivity index (χ1) is 13.4. The van der Waals surface area contributed by atoms with Crippen LogP contribution in [0.1, 0.15) is 18.1 Å². The number of carbonyl (C=O) groups excluding carboxylic acids is 1. The topological polar surface area (TPSA) is 69.6 Å². The molecule has 7 nitrogen and oxygen atoms in total. The zero-order chi connectivity index (χ0) is 20.3. The minimum absolute atomic E-state index is 0.0985. The van der Waals surface area contributed by atoms with E-state index in [1.54, 1.807) is 50.6 Å². The molecule has 2 aromatic carbocycles. The van der Waals surface area contributed by atoms with Gasteiger partial charge in [0.1, 0.15) is 23.9 Å². The van der Waals surface area contributed by atoms with Gasteiger partial charge in [-0.05, 0) is 48.9 Å². The number of methoxy groups -OCH3 is 2. The number of hydrogen-bond acceptors (Lipinski definition) is 6. The highest BCUT2D eigenvalue weighted by molar-refractivity contribution is 6.30. The lowest BCUT2D eigenvalue weighted by Gasteiger charge is -2.20. The van der Waals surface area contributed by atoms with Gasteiger partial charge < -0.3 is 18.9 Å². The van der Waals surface area contributed by atoms with E-state index < -0.39 is 6.23 Å². The molecule has 0 aromatic heterocycles. The van der Waals surface area contributed by atoms with Crippen molar-refractivity contribution < 1.29 is 23.7 Å². The van der Waals surface area contributed by atoms with Gasteiger partial charge in [0.25, 0.3) is 0 Å². The van der Waals surface area contributed by atoms with Gasteiger partial charge in [-0.3, -0.25) is 4.79 Å². The number of aryl methyl sites for hydroxylation is 1. The molecule has 0 aliphatic carbocycles. The van der Waals surface area contributed by atoms with Crippen LogP contribution in [0.2, 0.25) is 5.02 Å². The van der Waals surface area contributed by atoms with Gasteiger partial charge in [0.2, 0.25) is 18.0 Å². The van der Waals surface area contributed by atoms with E-state index in [-0.39, 0.29) is 18.4 Å². The summed E-state index contributed by atoms with van der Waals surface area (Å²) >= 11 is 5.98. The summed E-state index contributed by atoms with van der Waals surface area (Å²) in [5.74, 6) is 1.82. The number of carbonyl (C=O) groups is 1. The van der Waals surface area contributed by atoms with Crippen LogP contribution in [0.5, 0.6) is 17.2 Å². The largest absolute Gasteiger partial charge is 0.497 e. The summed E-state index contributed by atoms with van der Waals surface area (Å²) in [6.07, 6.45) is -0.710. The maximum absolute atomic E-state index is 12.0. The second kappa shape index (κ2) is 8.39. The van der Waals surface area contributed by atoms with E-state index in [9.17, 15) is 4.79 Å². The van der Waals surface area contributed by atoms with Gasteiger partial charge in [-0.2, -0.15) is 5.01 Å². The average Bonchev–Trinajstić information content (AvgIpc) is 3.11. The fraction of sp³-hybridized carbons (Fsp3) is 0.300. The lowest BCUT2D eigenvalue weighted by Crippen LogP contribution is -2.36. The molecular weight excluding hydrogens is 384 g/mol. The Kier molecular flexibility index (Phi) is 5.94. The molecule has 2 aromatic rings. The Balaban J connectivity index is 1.81. The molecule has 0 radical (unpaired) electrons. The molecule has 0 spiro atoms. The molecule has 1 amide bonds. The number of amides is 1. The first kappa shape index (κ1) is 19.8. The van der Waals surface area contributed by atoms with Crippen LogP contribution in [0.15, 0.2) is 41.5 Å². The van der Waals surface area contributed by atoms with Crippen molar-refractivity contribution in [2.45, 2.75) is 20.1 Å². The predicted octanol–water partition coefficient (Wildman–Crippen LogP) is 3.61. The van der Waals surface area contributed by atoms with Gasteiger partial charge in [0.05, 0.1) is 19.8 Å². The maximum atomic E-state index is 12.0. The van der Waals surface area contributed by atoms with Crippen LogP contribution in [0.4, 0.5) is 0 Å². The Morgan fingerprint density at radius 1 is 1.18 bits per heavy atom. The van der Waals surface area contributed by atoms with Gasteiger partial charge in [-0.1, -0.05) is 11.6 Å². The summed E-state index contributed by atoms with van der Waals surface area (Å²) in [6.45, 7) is 3.41. The van der Waals surface area contributed by atoms with Gasteiger partial charge in [0.15, 0.2) is 0 Å². The van der Waals surface area contributed by atoms with Crippen molar-refractivity contribution in [3.63, 3.8) is 0 Å². The molecule has 28 heavy (non-hydrogen) atoms. The van der Waals surface area contributed by atoms with Crippen LogP contribution in [0.3, 0.4) is 0 Å². The molecule has 0 bridgehead atoms. The number of benzene rings is 2. The van der Waals surface area contributed by atoms with Crippen LogP contribution in [0.25, 0.3) is 0 Å². The van der Waals surface area contributed by atoms with E-state index in [2.05, 4.69) is 5.10 Å². The predicted molar refractivity (Wildman–Crippen MR) is 105 cm³/mol. The molecule has 0 N–H and O–H groups in total. The number of rotatable bonds is 6. The van der Waals surface area contributed by atoms with Crippen molar-refractivity contribution in [1.82, 2.24) is 5.01 Å². The van der Waals surface area contributed by atoms with Crippen LogP contribution < -0.4 is 14.2 Å². The van der Waals surface area contributed by atoms with Gasteiger partial charge in [0, 0.05) is 11.9 Å². The highest BCUT2D eigenvalue weighted by atomic mass is 35.5. The lowest BCUT2D eigenvalue weighted by molar-refractivity contribution is -0.136. The number of hydrazone groups is 1. The first-order valence-corrected chi connectivity index (χ1v) is 8.97. The van der Waals surface area contributed by atoms with Crippen molar-refractivity contribution in [1.29, 1.82) is 0 Å². The Morgan fingerprint density at radius 2 is 1.93 bits per heavy atom. The van der Waals surface area contributed by atoms with E-state index in [0.29, 0.717) is 27.8 Å². The second-order valence-corrected chi connectivity index (χ2v) is 6.56. The summed E-state index contributed by atoms with van der Waals surface area (Å²) in [5, 5.41) is 6.19. The normalized spacial score (nSPS) is 15.7. The van der Waals surface area contributed by atoms with Crippen molar-refractivity contribution >= 4 is 23.4 Å². The zero-order valence-electron chi connectivity index (χ0n) is 16.1. The Labute approximate surface area is 168 Å². The van der Waals surface area contributed by atoms with Gasteiger partial charge in [-0.25, -0.2) is 0 Å². The fourth-order valence-electron chi connectivity index (χ4n) is 2.78. The molecule has 148 valence electrons.